The van der Waals surface area contributed by atoms with Gasteiger partial charge in [-0.05, 0) is 59.7 Å². The summed E-state index contributed by atoms with van der Waals surface area (Å²) in [4.78, 5) is 12.4. The van der Waals surface area contributed by atoms with Crippen LogP contribution in [-0.2, 0) is 29.2 Å². The van der Waals surface area contributed by atoms with Crippen molar-refractivity contribution in [3.63, 3.8) is 0 Å². The molecule has 0 bridgehead atoms. The molecule has 9 heteroatoms. The van der Waals surface area contributed by atoms with Crippen LogP contribution in [0.15, 0.2) is 91.5 Å². The van der Waals surface area contributed by atoms with E-state index in [1.54, 1.807) is 4.57 Å². The van der Waals surface area contributed by atoms with Gasteiger partial charge < -0.3 is 22.5 Å². The Hall–Kier alpha value is -2.90. The average molecular weight is 535 g/mol. The number of halogens is 4. The maximum atomic E-state index is 13.0. The van der Waals surface area contributed by atoms with Crippen LogP contribution < -0.4 is 22.3 Å². The fourth-order valence-corrected chi connectivity index (χ4v) is 3.69. The minimum absolute atomic E-state index is 0. The van der Waals surface area contributed by atoms with Crippen molar-refractivity contribution in [2.24, 2.45) is 0 Å². The second-order valence-corrected chi connectivity index (χ2v) is 8.69. The number of rotatable bonds is 9. The Morgan fingerprint density at radius 3 is 2.26 bits per heavy atom. The van der Waals surface area contributed by atoms with E-state index in [2.05, 4.69) is 5.32 Å². The number of anilines is 1. The minimum atomic E-state index is -0.349. The van der Waals surface area contributed by atoms with Gasteiger partial charge in [0.05, 0.1) is 6.61 Å². The predicted molar refractivity (Wildman–Crippen MR) is 130 cm³/mol. The number of amides is 1. The second-order valence-electron chi connectivity index (χ2n) is 7.82. The first kappa shape index (κ1) is 26.7. The van der Waals surface area contributed by atoms with Gasteiger partial charge in [-0.3, -0.25) is 4.79 Å². The van der Waals surface area contributed by atoms with E-state index >= 15 is 0 Å². The molecule has 1 atom stereocenters. The van der Waals surface area contributed by atoms with Crippen molar-refractivity contribution in [3.05, 3.63) is 119 Å². The zero-order valence-electron chi connectivity index (χ0n) is 18.6. The second kappa shape index (κ2) is 12.7. The number of aromatic nitrogens is 2. The Labute approximate surface area is 219 Å². The van der Waals surface area contributed by atoms with E-state index in [-0.39, 0.29) is 36.8 Å². The van der Waals surface area contributed by atoms with Gasteiger partial charge in [0.1, 0.15) is 30.9 Å². The first-order valence-electron chi connectivity index (χ1n) is 10.7. The molecule has 0 radical (unpaired) electrons. The van der Waals surface area contributed by atoms with Crippen LogP contribution in [0.5, 0.6) is 0 Å². The van der Waals surface area contributed by atoms with Crippen LogP contribution >= 0.6 is 23.2 Å². The van der Waals surface area contributed by atoms with Gasteiger partial charge >= 0.3 is 0 Å². The fraction of sp³-hybridized carbons (Fsp3) is 0.154. The summed E-state index contributed by atoms with van der Waals surface area (Å²) in [6.45, 7) is 1.09. The Balaban J connectivity index is 0.00000342. The molecule has 1 aromatic heterocycles. The first-order valence-corrected chi connectivity index (χ1v) is 11.4. The molecule has 3 aromatic carbocycles. The summed E-state index contributed by atoms with van der Waals surface area (Å²) < 4.78 is 23.0. The number of carbonyl (C=O) groups is 1. The van der Waals surface area contributed by atoms with Gasteiger partial charge in [0.2, 0.25) is 6.33 Å². The normalized spacial score (nSPS) is 11.5. The molecule has 4 aromatic rings. The molecule has 0 aliphatic heterocycles. The molecule has 0 aliphatic rings. The van der Waals surface area contributed by atoms with Crippen molar-refractivity contribution in [3.8, 4) is 0 Å². The van der Waals surface area contributed by atoms with Crippen LogP contribution in [0.25, 0.3) is 0 Å². The summed E-state index contributed by atoms with van der Waals surface area (Å²) >= 11 is 12.0. The monoisotopic (exact) mass is 533 g/mol. The number of nitrogens with zero attached hydrogens (tertiary/aromatic N) is 2. The SMILES string of the molecule is O=C(Cn1cc[n+](CC(OCc2ccc(Cl)cc2)c2ccc(Cl)cc2)c1)Nc1ccc(F)cc1.[Cl-]. The maximum absolute atomic E-state index is 13.0. The number of carbonyl (C=O) groups excluding carboxylic acids is 1. The molecular formula is C26H23Cl3FN3O2. The van der Waals surface area contributed by atoms with Gasteiger partial charge in [0, 0.05) is 15.7 Å². The average Bonchev–Trinajstić information content (AvgIpc) is 3.26. The summed E-state index contributed by atoms with van der Waals surface area (Å²) in [7, 11) is 0. The lowest BCUT2D eigenvalue weighted by Gasteiger charge is -2.17. The molecule has 182 valence electrons. The van der Waals surface area contributed by atoms with Crippen LogP contribution in [0.1, 0.15) is 17.2 Å². The Bertz CT molecular complexity index is 1230. The van der Waals surface area contributed by atoms with Crippen molar-refractivity contribution in [1.82, 2.24) is 4.57 Å². The van der Waals surface area contributed by atoms with E-state index in [0.29, 0.717) is 28.9 Å². The van der Waals surface area contributed by atoms with Gasteiger partial charge in [0.25, 0.3) is 5.91 Å². The molecule has 0 saturated heterocycles. The maximum Gasteiger partial charge on any atom is 0.266 e. The van der Waals surface area contributed by atoms with Crippen LogP contribution in [0, 0.1) is 5.82 Å². The highest BCUT2D eigenvalue weighted by Gasteiger charge is 2.18. The zero-order valence-corrected chi connectivity index (χ0v) is 20.8. The summed E-state index contributed by atoms with van der Waals surface area (Å²) in [5.41, 5.74) is 2.56. The smallest absolute Gasteiger partial charge is 0.266 e. The third kappa shape index (κ3) is 8.08. The Morgan fingerprint density at radius 2 is 1.60 bits per heavy atom. The molecule has 1 amide bonds. The van der Waals surface area contributed by atoms with E-state index in [4.69, 9.17) is 27.9 Å². The summed E-state index contributed by atoms with van der Waals surface area (Å²) in [6.07, 6.45) is 5.32. The predicted octanol–water partition coefficient (Wildman–Crippen LogP) is 2.82. The molecule has 1 heterocycles. The molecular weight excluding hydrogens is 512 g/mol. The molecule has 0 fully saturated rings. The van der Waals surface area contributed by atoms with Crippen LogP contribution in [0.2, 0.25) is 10.0 Å². The summed E-state index contributed by atoms with van der Waals surface area (Å²) in [5.74, 6) is -0.555. The highest BCUT2D eigenvalue weighted by molar-refractivity contribution is 6.30. The van der Waals surface area contributed by atoms with E-state index in [1.807, 2.05) is 71.8 Å². The van der Waals surface area contributed by atoms with Crippen molar-refractivity contribution in [2.45, 2.75) is 25.8 Å². The molecule has 5 nitrogen and oxygen atoms in total. The van der Waals surface area contributed by atoms with E-state index in [0.717, 1.165) is 11.1 Å². The van der Waals surface area contributed by atoms with Gasteiger partial charge in [-0.15, -0.1) is 0 Å². The third-order valence-electron chi connectivity index (χ3n) is 5.18. The number of benzene rings is 3. The number of hydrogen-bond acceptors (Lipinski definition) is 2. The van der Waals surface area contributed by atoms with Crippen molar-refractivity contribution in [1.29, 1.82) is 0 Å². The number of ether oxygens (including phenoxy) is 1. The highest BCUT2D eigenvalue weighted by Crippen LogP contribution is 2.22. The van der Waals surface area contributed by atoms with E-state index < -0.39 is 0 Å². The largest absolute Gasteiger partial charge is 1.00 e. The number of imidazole rings is 1. The quantitative estimate of drug-likeness (QED) is 0.336. The molecule has 4 rings (SSSR count). The molecule has 0 saturated carbocycles. The molecule has 0 aliphatic carbocycles. The van der Waals surface area contributed by atoms with Crippen LogP contribution in [-0.4, -0.2) is 10.5 Å². The lowest BCUT2D eigenvalue weighted by molar-refractivity contribution is -0.704. The van der Waals surface area contributed by atoms with Crippen LogP contribution in [0.4, 0.5) is 10.1 Å². The highest BCUT2D eigenvalue weighted by atomic mass is 35.5. The topological polar surface area (TPSA) is 47.1 Å². The first-order chi connectivity index (χ1) is 16.4. The van der Waals surface area contributed by atoms with Gasteiger partial charge in [0.15, 0.2) is 6.54 Å². The fourth-order valence-electron chi connectivity index (χ4n) is 3.44. The minimum Gasteiger partial charge on any atom is -1.00 e. The molecule has 1 unspecified atom stereocenters. The molecule has 35 heavy (non-hydrogen) atoms. The summed E-state index contributed by atoms with van der Waals surface area (Å²) in [6, 6.07) is 20.8. The van der Waals surface area contributed by atoms with Gasteiger partial charge in [-0.2, -0.15) is 0 Å². The lowest BCUT2D eigenvalue weighted by Crippen LogP contribution is -3.00. The zero-order chi connectivity index (χ0) is 23.9. The van der Waals surface area contributed by atoms with Crippen molar-refractivity contribution in [2.75, 3.05) is 5.32 Å². The van der Waals surface area contributed by atoms with Gasteiger partial charge in [-0.25, -0.2) is 13.5 Å². The van der Waals surface area contributed by atoms with Gasteiger partial charge in [-0.1, -0.05) is 47.5 Å². The van der Waals surface area contributed by atoms with E-state index in [1.165, 1.54) is 24.3 Å². The Kier molecular flexibility index (Phi) is 9.69. The standard InChI is InChI=1S/C26H22Cl2FN3O2.ClH/c27-21-5-1-19(2-6-21)17-34-25(20-3-7-22(28)8-4-20)15-31-13-14-32(18-31)16-26(33)30-24-11-9-23(29)10-12-24;/h1-14,18,25H,15-17H2;1H. The van der Waals surface area contributed by atoms with Crippen LogP contribution in [0.3, 0.4) is 0 Å². The van der Waals surface area contributed by atoms with Crippen molar-refractivity contribution < 1.29 is 30.9 Å². The van der Waals surface area contributed by atoms with Crippen molar-refractivity contribution >= 4 is 34.8 Å². The number of hydrogen-bond donors (Lipinski definition) is 1. The number of nitrogens with one attached hydrogen (secondary N) is 1. The van der Waals surface area contributed by atoms with E-state index in [9.17, 15) is 9.18 Å². The molecule has 0 spiro atoms. The lowest BCUT2D eigenvalue weighted by atomic mass is 10.1. The Morgan fingerprint density at radius 1 is 0.971 bits per heavy atom. The molecule has 1 N–H and O–H groups in total. The third-order valence-corrected chi connectivity index (χ3v) is 5.69. The summed E-state index contributed by atoms with van der Waals surface area (Å²) in [5, 5.41) is 4.10.